The molecule has 0 aromatic heterocycles. The summed E-state index contributed by atoms with van der Waals surface area (Å²) in [5.74, 6) is 0.656. The maximum Gasteiger partial charge on any atom is 0.338 e. The standard InChI is InChI=1S/C19H23BrN2O4/c1-10-5-4-6-14(10)26-18(23)16-11(2)21-19(24)22-17(16)12-7-8-15(25-3)13(20)9-12/h7-10,14,17H,4-6H2,1-3H3,(H2,21,22,24)/t10-,14+,17+/m0/s1. The highest BCUT2D eigenvalue weighted by atomic mass is 79.9. The molecule has 1 heterocycles. The number of hydrogen-bond donors (Lipinski definition) is 2. The predicted octanol–water partition coefficient (Wildman–Crippen LogP) is 3.82. The minimum Gasteiger partial charge on any atom is -0.496 e. The van der Waals surface area contributed by atoms with Crippen molar-refractivity contribution in [2.24, 2.45) is 5.92 Å². The number of methoxy groups -OCH3 is 1. The van der Waals surface area contributed by atoms with Gasteiger partial charge >= 0.3 is 12.0 Å². The molecule has 0 bridgehead atoms. The van der Waals surface area contributed by atoms with E-state index in [2.05, 4.69) is 33.5 Å². The summed E-state index contributed by atoms with van der Waals surface area (Å²) in [6.45, 7) is 3.82. The van der Waals surface area contributed by atoms with Crippen molar-refractivity contribution in [2.75, 3.05) is 7.11 Å². The summed E-state index contributed by atoms with van der Waals surface area (Å²) >= 11 is 3.45. The molecule has 140 valence electrons. The van der Waals surface area contributed by atoms with Crippen LogP contribution in [0.25, 0.3) is 0 Å². The van der Waals surface area contributed by atoms with E-state index in [0.717, 1.165) is 29.3 Å². The van der Waals surface area contributed by atoms with Gasteiger partial charge in [-0.05, 0) is 65.7 Å². The van der Waals surface area contributed by atoms with Crippen molar-refractivity contribution >= 4 is 27.9 Å². The molecule has 0 radical (unpaired) electrons. The van der Waals surface area contributed by atoms with Gasteiger partial charge in [-0.25, -0.2) is 9.59 Å². The molecule has 2 aliphatic rings. The molecule has 3 atom stereocenters. The van der Waals surface area contributed by atoms with Crippen LogP contribution in [0.1, 0.15) is 44.7 Å². The number of hydrogen-bond acceptors (Lipinski definition) is 4. The zero-order valence-corrected chi connectivity index (χ0v) is 16.7. The van der Waals surface area contributed by atoms with E-state index in [9.17, 15) is 9.59 Å². The first-order valence-electron chi connectivity index (χ1n) is 8.73. The Hall–Kier alpha value is -2.02. The van der Waals surface area contributed by atoms with E-state index in [1.807, 2.05) is 12.1 Å². The summed E-state index contributed by atoms with van der Waals surface area (Å²) in [4.78, 5) is 24.9. The molecule has 1 saturated carbocycles. The van der Waals surface area contributed by atoms with Crippen LogP contribution in [0.15, 0.2) is 33.9 Å². The summed E-state index contributed by atoms with van der Waals surface area (Å²) in [5.41, 5.74) is 1.72. The monoisotopic (exact) mass is 422 g/mol. The molecular weight excluding hydrogens is 400 g/mol. The number of benzene rings is 1. The van der Waals surface area contributed by atoms with E-state index < -0.39 is 6.04 Å². The Bertz CT molecular complexity index is 762. The molecule has 3 rings (SSSR count). The van der Waals surface area contributed by atoms with Crippen LogP contribution in [0.3, 0.4) is 0 Å². The van der Waals surface area contributed by atoms with Gasteiger partial charge in [0.1, 0.15) is 11.9 Å². The molecule has 1 aromatic carbocycles. The first kappa shape index (κ1) is 18.8. The molecule has 0 saturated heterocycles. The van der Waals surface area contributed by atoms with E-state index >= 15 is 0 Å². The largest absolute Gasteiger partial charge is 0.496 e. The van der Waals surface area contributed by atoms with Crippen LogP contribution in [-0.2, 0) is 9.53 Å². The lowest BCUT2D eigenvalue weighted by molar-refractivity contribution is -0.146. The van der Waals surface area contributed by atoms with Crippen LogP contribution in [0, 0.1) is 5.92 Å². The highest BCUT2D eigenvalue weighted by molar-refractivity contribution is 9.10. The lowest BCUT2D eigenvalue weighted by Gasteiger charge is -2.29. The number of amides is 2. The highest BCUT2D eigenvalue weighted by Gasteiger charge is 2.35. The van der Waals surface area contributed by atoms with Crippen LogP contribution in [0.5, 0.6) is 5.75 Å². The Morgan fingerprint density at radius 2 is 2.08 bits per heavy atom. The molecule has 2 N–H and O–H groups in total. The molecule has 2 amide bonds. The third kappa shape index (κ3) is 3.72. The van der Waals surface area contributed by atoms with Crippen molar-refractivity contribution in [1.29, 1.82) is 0 Å². The van der Waals surface area contributed by atoms with E-state index in [1.165, 1.54) is 0 Å². The van der Waals surface area contributed by atoms with Crippen LogP contribution in [0.4, 0.5) is 4.79 Å². The molecule has 1 fully saturated rings. The molecule has 1 aliphatic heterocycles. The maximum absolute atomic E-state index is 12.9. The van der Waals surface area contributed by atoms with Crippen LogP contribution < -0.4 is 15.4 Å². The van der Waals surface area contributed by atoms with E-state index in [0.29, 0.717) is 22.9 Å². The average Bonchev–Trinajstić information content (AvgIpc) is 2.98. The van der Waals surface area contributed by atoms with Gasteiger partial charge in [-0.1, -0.05) is 13.0 Å². The fraction of sp³-hybridized carbons (Fsp3) is 0.474. The summed E-state index contributed by atoms with van der Waals surface area (Å²) in [7, 11) is 1.59. The van der Waals surface area contributed by atoms with Crippen molar-refractivity contribution in [2.45, 2.75) is 45.3 Å². The number of esters is 1. The average molecular weight is 423 g/mol. The van der Waals surface area contributed by atoms with Gasteiger partial charge in [0.15, 0.2) is 0 Å². The summed E-state index contributed by atoms with van der Waals surface area (Å²) in [6.07, 6.45) is 2.96. The van der Waals surface area contributed by atoms with E-state index in [4.69, 9.17) is 9.47 Å². The number of urea groups is 1. The van der Waals surface area contributed by atoms with Crippen molar-refractivity contribution in [3.8, 4) is 5.75 Å². The fourth-order valence-electron chi connectivity index (χ4n) is 3.56. The smallest absolute Gasteiger partial charge is 0.338 e. The summed E-state index contributed by atoms with van der Waals surface area (Å²) in [5, 5.41) is 5.50. The first-order valence-corrected chi connectivity index (χ1v) is 9.52. The van der Waals surface area contributed by atoms with Gasteiger partial charge in [0, 0.05) is 5.70 Å². The number of halogens is 1. The quantitative estimate of drug-likeness (QED) is 0.722. The normalized spacial score (nSPS) is 25.5. The van der Waals surface area contributed by atoms with E-state index in [1.54, 1.807) is 20.1 Å². The van der Waals surface area contributed by atoms with Gasteiger partial charge < -0.3 is 20.1 Å². The third-order valence-electron chi connectivity index (χ3n) is 5.04. The molecule has 7 heteroatoms. The maximum atomic E-state index is 12.9. The van der Waals surface area contributed by atoms with Gasteiger partial charge in [0.2, 0.25) is 0 Å². The van der Waals surface area contributed by atoms with Crippen molar-refractivity contribution < 1.29 is 19.1 Å². The molecule has 26 heavy (non-hydrogen) atoms. The zero-order valence-electron chi connectivity index (χ0n) is 15.1. The van der Waals surface area contributed by atoms with Gasteiger partial charge in [0.25, 0.3) is 0 Å². The second-order valence-corrected chi connectivity index (χ2v) is 7.67. The number of ether oxygens (including phenoxy) is 2. The number of allylic oxidation sites excluding steroid dienone is 1. The molecule has 0 unspecified atom stereocenters. The number of nitrogens with one attached hydrogen (secondary N) is 2. The number of carbonyl (C=O) groups excluding carboxylic acids is 2. The highest BCUT2D eigenvalue weighted by Crippen LogP contribution is 2.34. The first-order chi connectivity index (χ1) is 12.4. The Kier molecular flexibility index (Phi) is 5.55. The summed E-state index contributed by atoms with van der Waals surface area (Å²) < 4.78 is 11.8. The van der Waals surface area contributed by atoms with Crippen molar-refractivity contribution in [3.05, 3.63) is 39.5 Å². The lowest BCUT2D eigenvalue weighted by atomic mass is 9.95. The van der Waals surface area contributed by atoms with Crippen LogP contribution in [-0.4, -0.2) is 25.2 Å². The molecule has 1 aromatic rings. The Morgan fingerprint density at radius 3 is 2.69 bits per heavy atom. The Balaban J connectivity index is 1.91. The van der Waals surface area contributed by atoms with Gasteiger partial charge in [-0.3, -0.25) is 0 Å². The van der Waals surface area contributed by atoms with E-state index in [-0.39, 0.29) is 18.1 Å². The third-order valence-corrected chi connectivity index (χ3v) is 5.66. The Labute approximate surface area is 161 Å². The molecule has 0 spiro atoms. The topological polar surface area (TPSA) is 76.7 Å². The molecule has 1 aliphatic carbocycles. The molecular formula is C19H23BrN2O4. The van der Waals surface area contributed by atoms with Gasteiger partial charge in [-0.15, -0.1) is 0 Å². The number of rotatable bonds is 4. The minimum atomic E-state index is -0.574. The van der Waals surface area contributed by atoms with Crippen LogP contribution >= 0.6 is 15.9 Å². The zero-order chi connectivity index (χ0) is 18.8. The number of carbonyl (C=O) groups is 2. The second-order valence-electron chi connectivity index (χ2n) is 6.82. The SMILES string of the molecule is COc1ccc([C@H]2NC(=O)NC(C)=C2C(=O)O[C@@H]2CCC[C@@H]2C)cc1Br. The van der Waals surface area contributed by atoms with Crippen molar-refractivity contribution in [1.82, 2.24) is 10.6 Å². The lowest BCUT2D eigenvalue weighted by Crippen LogP contribution is -2.45. The summed E-state index contributed by atoms with van der Waals surface area (Å²) in [6, 6.07) is 4.55. The molecule has 6 nitrogen and oxygen atoms in total. The van der Waals surface area contributed by atoms with Gasteiger partial charge in [-0.2, -0.15) is 0 Å². The van der Waals surface area contributed by atoms with Crippen molar-refractivity contribution in [3.63, 3.8) is 0 Å². The van der Waals surface area contributed by atoms with Gasteiger partial charge in [0.05, 0.1) is 23.2 Å². The predicted molar refractivity (Wildman–Crippen MR) is 101 cm³/mol. The van der Waals surface area contributed by atoms with Crippen LogP contribution in [0.2, 0.25) is 0 Å². The fourth-order valence-corrected chi connectivity index (χ4v) is 4.12. The Morgan fingerprint density at radius 1 is 1.31 bits per heavy atom. The minimum absolute atomic E-state index is 0.0660. The second kappa shape index (κ2) is 7.70.